The van der Waals surface area contributed by atoms with Crippen molar-refractivity contribution in [3.05, 3.63) is 29.6 Å². The minimum atomic E-state index is -0.686. The van der Waals surface area contributed by atoms with E-state index in [9.17, 15) is 9.18 Å². The first kappa shape index (κ1) is 13.8. The summed E-state index contributed by atoms with van der Waals surface area (Å²) in [6, 6.07) is 4.02. The molecule has 2 N–H and O–H groups in total. The van der Waals surface area contributed by atoms with Crippen LogP contribution in [0.25, 0.3) is 0 Å². The highest BCUT2D eigenvalue weighted by molar-refractivity contribution is 5.81. The largest absolute Gasteiger partial charge is 0.491 e. The Morgan fingerprint density at radius 1 is 1.53 bits per heavy atom. The quantitative estimate of drug-likeness (QED) is 0.831. The van der Waals surface area contributed by atoms with Gasteiger partial charge in [0, 0.05) is 6.04 Å². The minimum absolute atomic E-state index is 0.196. The average Bonchev–Trinajstić information content (AvgIpc) is 3.21. The highest BCUT2D eigenvalue weighted by atomic mass is 19.1. The van der Waals surface area contributed by atoms with Crippen molar-refractivity contribution >= 4 is 5.97 Å². The Kier molecular flexibility index (Phi) is 3.75. The van der Waals surface area contributed by atoms with Crippen molar-refractivity contribution in [2.24, 2.45) is 11.1 Å². The maximum absolute atomic E-state index is 13.8. The summed E-state index contributed by atoms with van der Waals surface area (Å²) in [5.74, 6) is -0.592. The predicted octanol–water partition coefficient (Wildman–Crippen LogP) is 2.18. The molecule has 19 heavy (non-hydrogen) atoms. The van der Waals surface area contributed by atoms with Gasteiger partial charge < -0.3 is 15.2 Å². The van der Waals surface area contributed by atoms with Crippen LogP contribution < -0.4 is 10.5 Å². The molecule has 1 aromatic carbocycles. The van der Waals surface area contributed by atoms with Crippen molar-refractivity contribution in [1.29, 1.82) is 0 Å². The second-order valence-electron chi connectivity index (χ2n) is 4.75. The highest BCUT2D eigenvalue weighted by Gasteiger charge is 2.56. The van der Waals surface area contributed by atoms with Crippen LogP contribution >= 0.6 is 0 Å². The molecule has 0 aliphatic heterocycles. The molecular weight excluding hydrogens is 249 g/mol. The van der Waals surface area contributed by atoms with Gasteiger partial charge >= 0.3 is 5.97 Å². The van der Waals surface area contributed by atoms with Gasteiger partial charge in [-0.25, -0.2) is 4.39 Å². The summed E-state index contributed by atoms with van der Waals surface area (Å²) in [6.07, 6.45) is 1.35. The van der Waals surface area contributed by atoms with Crippen LogP contribution in [-0.2, 0) is 9.53 Å². The molecule has 1 aromatic rings. The van der Waals surface area contributed by atoms with Crippen LogP contribution in [0.2, 0.25) is 0 Å². The van der Waals surface area contributed by atoms with E-state index in [0.717, 1.165) is 0 Å². The third-order valence-corrected chi connectivity index (χ3v) is 3.59. The lowest BCUT2D eigenvalue weighted by molar-refractivity contribution is -0.148. The maximum atomic E-state index is 13.8. The fourth-order valence-electron chi connectivity index (χ4n) is 2.28. The third kappa shape index (κ3) is 2.42. The van der Waals surface area contributed by atoms with E-state index < -0.39 is 17.3 Å². The summed E-state index contributed by atoms with van der Waals surface area (Å²) >= 11 is 0. The summed E-state index contributed by atoms with van der Waals surface area (Å²) in [4.78, 5) is 11.7. The molecule has 1 atom stereocenters. The molecule has 1 saturated carbocycles. The Balaban J connectivity index is 2.23. The van der Waals surface area contributed by atoms with Crippen LogP contribution in [0, 0.1) is 11.2 Å². The van der Waals surface area contributed by atoms with E-state index in [4.69, 9.17) is 15.2 Å². The summed E-state index contributed by atoms with van der Waals surface area (Å²) in [5.41, 5.74) is 6.00. The molecule has 1 aliphatic rings. The topological polar surface area (TPSA) is 61.5 Å². The van der Waals surface area contributed by atoms with E-state index in [-0.39, 0.29) is 11.7 Å². The lowest BCUT2D eigenvalue weighted by Crippen LogP contribution is -2.31. The van der Waals surface area contributed by atoms with Gasteiger partial charge in [0.1, 0.15) is 0 Å². The Morgan fingerprint density at radius 3 is 2.68 bits per heavy atom. The molecule has 104 valence electrons. The molecule has 0 heterocycles. The van der Waals surface area contributed by atoms with Crippen LogP contribution in [0.5, 0.6) is 5.75 Å². The molecular formula is C14H18FNO3. The number of ether oxygens (including phenoxy) is 2. The average molecular weight is 267 g/mol. The Bertz CT molecular complexity index is 486. The summed E-state index contributed by atoms with van der Waals surface area (Å²) in [5, 5.41) is 0. The van der Waals surface area contributed by atoms with Crippen molar-refractivity contribution in [2.75, 3.05) is 13.7 Å². The van der Waals surface area contributed by atoms with Crippen molar-refractivity contribution in [3.63, 3.8) is 0 Å². The Labute approximate surface area is 111 Å². The molecule has 4 nitrogen and oxygen atoms in total. The number of methoxy groups -OCH3 is 1. The molecule has 1 unspecified atom stereocenters. The van der Waals surface area contributed by atoms with E-state index in [1.165, 1.54) is 13.2 Å². The zero-order valence-electron chi connectivity index (χ0n) is 11.1. The lowest BCUT2D eigenvalue weighted by atomic mass is 9.90. The van der Waals surface area contributed by atoms with Crippen LogP contribution in [0.15, 0.2) is 18.2 Å². The number of hydrogen-bond acceptors (Lipinski definition) is 4. The van der Waals surface area contributed by atoms with Crippen molar-refractivity contribution in [2.45, 2.75) is 25.8 Å². The van der Waals surface area contributed by atoms with Crippen molar-refractivity contribution < 1.29 is 18.7 Å². The second kappa shape index (κ2) is 5.17. The number of carbonyl (C=O) groups is 1. The summed E-state index contributed by atoms with van der Waals surface area (Å²) in [7, 11) is 1.34. The van der Waals surface area contributed by atoms with Gasteiger partial charge in [0.2, 0.25) is 0 Å². The van der Waals surface area contributed by atoms with Gasteiger partial charge in [-0.05, 0) is 37.5 Å². The first-order valence-corrected chi connectivity index (χ1v) is 6.31. The molecule has 0 aromatic heterocycles. The highest BCUT2D eigenvalue weighted by Crippen LogP contribution is 2.54. The van der Waals surface area contributed by atoms with Gasteiger partial charge in [-0.3, -0.25) is 4.79 Å². The number of rotatable bonds is 5. The first-order valence-electron chi connectivity index (χ1n) is 6.31. The number of hydrogen-bond donors (Lipinski definition) is 1. The molecule has 2 rings (SSSR count). The summed E-state index contributed by atoms with van der Waals surface area (Å²) < 4.78 is 23.7. The number of esters is 1. The zero-order valence-corrected chi connectivity index (χ0v) is 11.1. The maximum Gasteiger partial charge on any atom is 0.313 e. The number of halogens is 1. The monoisotopic (exact) mass is 267 g/mol. The number of carbonyl (C=O) groups excluding carboxylic acids is 1. The van der Waals surface area contributed by atoms with Gasteiger partial charge in [0.05, 0.1) is 19.1 Å². The predicted molar refractivity (Wildman–Crippen MR) is 68.2 cm³/mol. The van der Waals surface area contributed by atoms with Crippen LogP contribution in [-0.4, -0.2) is 19.7 Å². The van der Waals surface area contributed by atoms with E-state index in [1.807, 2.05) is 0 Å². The van der Waals surface area contributed by atoms with Gasteiger partial charge in [-0.15, -0.1) is 0 Å². The molecule has 5 heteroatoms. The van der Waals surface area contributed by atoms with Crippen molar-refractivity contribution in [1.82, 2.24) is 0 Å². The molecule has 0 spiro atoms. The zero-order chi connectivity index (χ0) is 14.0. The van der Waals surface area contributed by atoms with Crippen LogP contribution in [0.1, 0.15) is 31.4 Å². The van der Waals surface area contributed by atoms with Gasteiger partial charge in [0.15, 0.2) is 11.6 Å². The standard InChI is InChI=1S/C14H18FNO3/c1-3-19-11-5-4-9(8-10(11)15)12(16)14(6-7-14)13(17)18-2/h4-5,8,12H,3,6-7,16H2,1-2H3. The normalized spacial score (nSPS) is 17.7. The smallest absolute Gasteiger partial charge is 0.313 e. The van der Waals surface area contributed by atoms with Gasteiger partial charge in [-0.1, -0.05) is 6.07 Å². The fraction of sp³-hybridized carbons (Fsp3) is 0.500. The van der Waals surface area contributed by atoms with E-state index in [2.05, 4.69) is 0 Å². The first-order chi connectivity index (χ1) is 9.05. The van der Waals surface area contributed by atoms with Gasteiger partial charge in [0.25, 0.3) is 0 Å². The molecule has 1 aliphatic carbocycles. The van der Waals surface area contributed by atoms with E-state index >= 15 is 0 Å². The molecule has 0 bridgehead atoms. The van der Waals surface area contributed by atoms with Crippen LogP contribution in [0.3, 0.4) is 0 Å². The fourth-order valence-corrected chi connectivity index (χ4v) is 2.28. The van der Waals surface area contributed by atoms with Gasteiger partial charge in [-0.2, -0.15) is 0 Å². The van der Waals surface area contributed by atoms with Crippen LogP contribution in [0.4, 0.5) is 4.39 Å². The molecule has 0 saturated heterocycles. The summed E-state index contributed by atoms with van der Waals surface area (Å²) in [6.45, 7) is 2.18. The SMILES string of the molecule is CCOc1ccc(C(N)C2(C(=O)OC)CC2)cc1F. The van der Waals surface area contributed by atoms with E-state index in [0.29, 0.717) is 25.0 Å². The number of nitrogens with two attached hydrogens (primary N) is 1. The third-order valence-electron chi connectivity index (χ3n) is 3.59. The van der Waals surface area contributed by atoms with Crippen molar-refractivity contribution in [3.8, 4) is 5.75 Å². The molecule has 0 radical (unpaired) electrons. The molecule has 0 amide bonds. The molecule has 1 fully saturated rings. The minimum Gasteiger partial charge on any atom is -0.491 e. The van der Waals surface area contributed by atoms with E-state index in [1.54, 1.807) is 19.1 Å². The Hall–Kier alpha value is -1.62. The number of benzene rings is 1. The second-order valence-corrected chi connectivity index (χ2v) is 4.75. The lowest BCUT2D eigenvalue weighted by Gasteiger charge is -2.21. The Morgan fingerprint density at radius 2 is 2.21 bits per heavy atom.